The normalized spacial score (nSPS) is 10.9. The van der Waals surface area contributed by atoms with Gasteiger partial charge < -0.3 is 10.1 Å². The van der Waals surface area contributed by atoms with Crippen molar-refractivity contribution >= 4 is 11.9 Å². The summed E-state index contributed by atoms with van der Waals surface area (Å²) >= 11 is 0. The summed E-state index contributed by atoms with van der Waals surface area (Å²) < 4.78 is 4.88. The van der Waals surface area contributed by atoms with Crippen LogP contribution in [-0.4, -0.2) is 25.0 Å². The van der Waals surface area contributed by atoms with E-state index in [0.717, 1.165) is 32.2 Å². The minimum atomic E-state index is -0.230. The van der Waals surface area contributed by atoms with E-state index in [2.05, 4.69) is 12.2 Å². The van der Waals surface area contributed by atoms with Gasteiger partial charge in [0.25, 0.3) is 0 Å². The minimum Gasteiger partial charge on any atom is -0.466 e. The highest BCUT2D eigenvalue weighted by atomic mass is 16.5. The molecule has 0 aliphatic rings. The third-order valence-corrected chi connectivity index (χ3v) is 5.96. The van der Waals surface area contributed by atoms with Crippen LogP contribution in [0.3, 0.4) is 0 Å². The zero-order valence-electron chi connectivity index (χ0n) is 21.0. The molecule has 0 aromatic heterocycles. The first-order valence-corrected chi connectivity index (χ1v) is 13.6. The maximum atomic E-state index is 11.8. The van der Waals surface area contributed by atoms with Gasteiger partial charge in [0.2, 0.25) is 5.91 Å². The number of nitrogens with one attached hydrogen (secondary N) is 1. The van der Waals surface area contributed by atoms with Crippen molar-refractivity contribution in [3.05, 3.63) is 0 Å². The van der Waals surface area contributed by atoms with E-state index in [9.17, 15) is 9.59 Å². The molecule has 0 unspecified atom stereocenters. The molecule has 0 spiro atoms. The largest absolute Gasteiger partial charge is 0.466 e. The van der Waals surface area contributed by atoms with Gasteiger partial charge in [0.05, 0.1) is 6.61 Å². The predicted octanol–water partition coefficient (Wildman–Crippen LogP) is 7.88. The number of hydrogen-bond acceptors (Lipinski definition) is 3. The van der Waals surface area contributed by atoms with Crippen LogP contribution in [0.1, 0.15) is 149 Å². The Morgan fingerprint density at radius 3 is 1.45 bits per heavy atom. The van der Waals surface area contributed by atoms with Crippen LogP contribution in [0.5, 0.6) is 0 Å². The molecule has 0 atom stereocenters. The number of carbonyl (C=O) groups excluding carboxylic acids is 2. The van der Waals surface area contributed by atoms with Crippen molar-refractivity contribution < 1.29 is 14.3 Å². The zero-order valence-corrected chi connectivity index (χ0v) is 21.0. The van der Waals surface area contributed by atoms with E-state index < -0.39 is 0 Å². The summed E-state index contributed by atoms with van der Waals surface area (Å²) in [5.41, 5.74) is 0. The van der Waals surface area contributed by atoms with Gasteiger partial charge in [-0.25, -0.2) is 0 Å². The lowest BCUT2D eigenvalue weighted by atomic mass is 10.0. The number of rotatable bonds is 24. The number of amides is 1. The van der Waals surface area contributed by atoms with Crippen molar-refractivity contribution in [2.24, 2.45) is 0 Å². The van der Waals surface area contributed by atoms with Crippen LogP contribution >= 0.6 is 0 Å². The third kappa shape index (κ3) is 26.9. The lowest BCUT2D eigenvalue weighted by Crippen LogP contribution is -2.23. The average molecular weight is 440 g/mol. The fourth-order valence-corrected chi connectivity index (χ4v) is 3.95. The molecule has 0 aliphatic heterocycles. The average Bonchev–Trinajstić information content (AvgIpc) is 2.75. The number of carbonyl (C=O) groups is 2. The Hall–Kier alpha value is -1.06. The van der Waals surface area contributed by atoms with Crippen LogP contribution in [-0.2, 0) is 14.3 Å². The van der Waals surface area contributed by atoms with Gasteiger partial charge in [-0.05, 0) is 25.7 Å². The van der Waals surface area contributed by atoms with Crippen molar-refractivity contribution in [1.82, 2.24) is 5.32 Å². The molecule has 31 heavy (non-hydrogen) atoms. The molecule has 4 heteroatoms. The van der Waals surface area contributed by atoms with Crippen LogP contribution in [0.15, 0.2) is 0 Å². The second-order valence-corrected chi connectivity index (χ2v) is 9.16. The number of esters is 1. The van der Waals surface area contributed by atoms with Crippen LogP contribution < -0.4 is 5.32 Å². The molecule has 0 aromatic carbocycles. The molecule has 0 bridgehead atoms. The molecule has 0 rings (SSSR count). The molecule has 0 aliphatic carbocycles. The quantitative estimate of drug-likeness (QED) is 0.123. The van der Waals surface area contributed by atoms with Crippen LogP contribution in [0.25, 0.3) is 0 Å². The molecule has 1 N–H and O–H groups in total. The van der Waals surface area contributed by atoms with Gasteiger partial charge in [0, 0.05) is 19.9 Å². The molecule has 1 amide bonds. The molecule has 0 saturated carbocycles. The van der Waals surface area contributed by atoms with E-state index in [1.54, 1.807) is 0 Å². The number of hydrogen-bond donors (Lipinski definition) is 1. The Balaban J connectivity index is 3.13. The van der Waals surface area contributed by atoms with E-state index in [1.165, 1.54) is 110 Å². The molecule has 184 valence electrons. The molecular weight excluding hydrogens is 386 g/mol. The lowest BCUT2D eigenvalue weighted by molar-refractivity contribution is -0.141. The summed E-state index contributed by atoms with van der Waals surface area (Å²) in [5, 5.41) is 3.02. The topological polar surface area (TPSA) is 55.4 Å². The van der Waals surface area contributed by atoms with Crippen molar-refractivity contribution in [3.63, 3.8) is 0 Å². The molecular formula is C27H53NO3. The Morgan fingerprint density at radius 1 is 0.581 bits per heavy atom. The molecule has 0 radical (unpaired) electrons. The van der Waals surface area contributed by atoms with Crippen LogP contribution in [0.4, 0.5) is 0 Å². The second-order valence-electron chi connectivity index (χ2n) is 9.16. The van der Waals surface area contributed by atoms with Crippen molar-refractivity contribution in [3.8, 4) is 0 Å². The Kier molecular flexibility index (Phi) is 24.3. The van der Waals surface area contributed by atoms with Gasteiger partial charge in [0.1, 0.15) is 0 Å². The van der Waals surface area contributed by atoms with E-state index in [4.69, 9.17) is 4.74 Å². The fraction of sp³-hybridized carbons (Fsp3) is 0.926. The number of unbranched alkanes of at least 4 members (excludes halogenated alkanes) is 18. The van der Waals surface area contributed by atoms with Gasteiger partial charge >= 0.3 is 5.97 Å². The molecule has 0 saturated heterocycles. The van der Waals surface area contributed by atoms with Crippen molar-refractivity contribution in [2.45, 2.75) is 149 Å². The summed E-state index contributed by atoms with van der Waals surface area (Å²) in [6.07, 6.45) is 26.6. The van der Waals surface area contributed by atoms with Gasteiger partial charge in [-0.2, -0.15) is 0 Å². The maximum absolute atomic E-state index is 11.8. The van der Waals surface area contributed by atoms with Crippen molar-refractivity contribution in [2.75, 3.05) is 13.2 Å². The smallest absolute Gasteiger partial charge is 0.302 e. The highest BCUT2D eigenvalue weighted by molar-refractivity contribution is 5.75. The van der Waals surface area contributed by atoms with Crippen molar-refractivity contribution in [1.29, 1.82) is 0 Å². The first kappa shape index (κ1) is 29.9. The highest BCUT2D eigenvalue weighted by Gasteiger charge is 2.01. The SMILES string of the molecule is CCCCCCCCCCCCCCCCCCCNC(=O)CCCCCOC(C)=O. The molecule has 4 nitrogen and oxygen atoms in total. The second kappa shape index (κ2) is 25.2. The van der Waals surface area contributed by atoms with Gasteiger partial charge in [-0.1, -0.05) is 110 Å². The minimum absolute atomic E-state index is 0.156. The number of ether oxygens (including phenoxy) is 1. The van der Waals surface area contributed by atoms with Crippen LogP contribution in [0, 0.1) is 0 Å². The Morgan fingerprint density at radius 2 is 1.00 bits per heavy atom. The Labute approximate surface area is 193 Å². The predicted molar refractivity (Wildman–Crippen MR) is 132 cm³/mol. The highest BCUT2D eigenvalue weighted by Crippen LogP contribution is 2.14. The van der Waals surface area contributed by atoms with E-state index in [1.807, 2.05) is 0 Å². The first-order valence-electron chi connectivity index (χ1n) is 13.6. The Bertz CT molecular complexity index is 398. The lowest BCUT2D eigenvalue weighted by Gasteiger charge is -2.06. The van der Waals surface area contributed by atoms with Gasteiger partial charge in [-0.3, -0.25) is 9.59 Å². The fourth-order valence-electron chi connectivity index (χ4n) is 3.95. The van der Waals surface area contributed by atoms with E-state index in [0.29, 0.717) is 13.0 Å². The molecule has 0 heterocycles. The standard InChI is InChI=1S/C27H53NO3/c1-3-4-5-6-7-8-9-10-11-12-13-14-15-16-17-18-21-24-28-27(30)23-20-19-22-25-31-26(2)29/h3-25H2,1-2H3,(H,28,30). The summed E-state index contributed by atoms with van der Waals surface area (Å²) in [5.74, 6) is -0.0733. The molecule has 0 aromatic rings. The van der Waals surface area contributed by atoms with Crippen LogP contribution in [0.2, 0.25) is 0 Å². The summed E-state index contributed by atoms with van der Waals surface area (Å²) in [7, 11) is 0. The van der Waals surface area contributed by atoms with Gasteiger partial charge in [0.15, 0.2) is 0 Å². The van der Waals surface area contributed by atoms with Gasteiger partial charge in [-0.15, -0.1) is 0 Å². The zero-order chi connectivity index (χ0) is 22.8. The first-order chi connectivity index (χ1) is 15.2. The monoisotopic (exact) mass is 439 g/mol. The summed E-state index contributed by atoms with van der Waals surface area (Å²) in [4.78, 5) is 22.4. The van der Waals surface area contributed by atoms with E-state index >= 15 is 0 Å². The molecule has 0 fully saturated rings. The summed E-state index contributed by atoms with van der Waals surface area (Å²) in [6.45, 7) is 4.99. The van der Waals surface area contributed by atoms with E-state index in [-0.39, 0.29) is 11.9 Å². The summed E-state index contributed by atoms with van der Waals surface area (Å²) in [6, 6.07) is 0. The maximum Gasteiger partial charge on any atom is 0.302 e. The third-order valence-electron chi connectivity index (χ3n) is 5.96.